The first-order valence-corrected chi connectivity index (χ1v) is 4.80. The molecule has 0 spiro atoms. The second-order valence-electron chi connectivity index (χ2n) is 2.87. The predicted molar refractivity (Wildman–Crippen MR) is 61.8 cm³/mol. The Morgan fingerprint density at radius 2 is 2.33 bits per heavy atom. The molecule has 1 rings (SSSR count). The van der Waals surface area contributed by atoms with Gasteiger partial charge in [0.2, 0.25) is 5.91 Å². The summed E-state index contributed by atoms with van der Waals surface area (Å²) in [5, 5.41) is 6.06. The summed E-state index contributed by atoms with van der Waals surface area (Å²) < 4.78 is 0. The van der Waals surface area contributed by atoms with Crippen LogP contribution in [0.4, 0.5) is 5.69 Å². The fraction of sp³-hybridized carbons (Fsp3) is 0.182. The lowest BCUT2D eigenvalue weighted by Crippen LogP contribution is -2.28. The Labute approximate surface area is 93.8 Å². The number of anilines is 1. The number of nitrogens with one attached hydrogen (secondary N) is 2. The van der Waals surface area contributed by atoms with Crippen molar-refractivity contribution in [1.29, 1.82) is 0 Å². The van der Waals surface area contributed by atoms with Gasteiger partial charge in [-0.05, 0) is 18.2 Å². The molecule has 0 saturated heterocycles. The summed E-state index contributed by atoms with van der Waals surface area (Å²) in [6, 6.07) is 6.96. The van der Waals surface area contributed by atoms with Gasteiger partial charge in [0.25, 0.3) is 0 Å². The molecule has 0 atom stereocenters. The van der Waals surface area contributed by atoms with E-state index >= 15 is 0 Å². The molecule has 0 fully saturated rings. The molecule has 1 amide bonds. The molecule has 0 heterocycles. The SMILES string of the molecule is C#CCNCC(=O)Nc1cccc(Cl)c1. The summed E-state index contributed by atoms with van der Waals surface area (Å²) in [6.45, 7) is 0.569. The van der Waals surface area contributed by atoms with E-state index < -0.39 is 0 Å². The number of halogens is 1. The monoisotopic (exact) mass is 222 g/mol. The Kier molecular flexibility index (Phi) is 4.69. The fourth-order valence-corrected chi connectivity index (χ4v) is 1.21. The molecular weight excluding hydrogens is 212 g/mol. The number of carbonyl (C=O) groups excluding carboxylic acids is 1. The third kappa shape index (κ3) is 4.50. The van der Waals surface area contributed by atoms with Gasteiger partial charge in [-0.3, -0.25) is 10.1 Å². The van der Waals surface area contributed by atoms with E-state index in [4.69, 9.17) is 18.0 Å². The molecule has 15 heavy (non-hydrogen) atoms. The van der Waals surface area contributed by atoms with Gasteiger partial charge >= 0.3 is 0 Å². The van der Waals surface area contributed by atoms with E-state index in [-0.39, 0.29) is 12.5 Å². The van der Waals surface area contributed by atoms with Gasteiger partial charge in [0.15, 0.2) is 0 Å². The highest BCUT2D eigenvalue weighted by Gasteiger charge is 2.00. The van der Waals surface area contributed by atoms with Crippen LogP contribution in [0.1, 0.15) is 0 Å². The van der Waals surface area contributed by atoms with E-state index in [1.165, 1.54) is 0 Å². The van der Waals surface area contributed by atoms with Crippen LogP contribution < -0.4 is 10.6 Å². The van der Waals surface area contributed by atoms with Crippen LogP contribution in [-0.2, 0) is 4.79 Å². The van der Waals surface area contributed by atoms with Gasteiger partial charge in [0.05, 0.1) is 13.1 Å². The number of terminal acetylenes is 1. The highest BCUT2D eigenvalue weighted by molar-refractivity contribution is 6.30. The van der Waals surface area contributed by atoms with Crippen LogP contribution >= 0.6 is 11.6 Å². The second-order valence-corrected chi connectivity index (χ2v) is 3.30. The zero-order valence-electron chi connectivity index (χ0n) is 8.09. The van der Waals surface area contributed by atoms with Crippen LogP contribution in [0.3, 0.4) is 0 Å². The lowest BCUT2D eigenvalue weighted by atomic mass is 10.3. The molecule has 0 aromatic heterocycles. The maximum absolute atomic E-state index is 11.3. The van der Waals surface area contributed by atoms with Gasteiger partial charge in [-0.15, -0.1) is 6.42 Å². The van der Waals surface area contributed by atoms with Crippen molar-refractivity contribution < 1.29 is 4.79 Å². The molecule has 0 aliphatic heterocycles. The minimum absolute atomic E-state index is 0.146. The zero-order valence-corrected chi connectivity index (χ0v) is 8.84. The first kappa shape index (κ1) is 11.6. The molecule has 2 N–H and O–H groups in total. The van der Waals surface area contributed by atoms with E-state index in [1.54, 1.807) is 24.3 Å². The average Bonchev–Trinajstić information content (AvgIpc) is 2.18. The zero-order chi connectivity index (χ0) is 11.1. The standard InChI is InChI=1S/C11H11ClN2O/c1-2-6-13-8-11(15)14-10-5-3-4-9(12)7-10/h1,3-5,7,13H,6,8H2,(H,14,15). The average molecular weight is 223 g/mol. The van der Waals surface area contributed by atoms with E-state index in [2.05, 4.69) is 16.6 Å². The summed E-state index contributed by atoms with van der Waals surface area (Å²) >= 11 is 5.76. The van der Waals surface area contributed by atoms with Gasteiger partial charge in [-0.2, -0.15) is 0 Å². The van der Waals surface area contributed by atoms with E-state index in [9.17, 15) is 4.79 Å². The van der Waals surface area contributed by atoms with Gasteiger partial charge in [0.1, 0.15) is 0 Å². The number of carbonyl (C=O) groups is 1. The van der Waals surface area contributed by atoms with E-state index in [0.717, 1.165) is 0 Å². The summed E-state index contributed by atoms with van der Waals surface area (Å²) in [7, 11) is 0. The maximum atomic E-state index is 11.3. The number of rotatable bonds is 4. The van der Waals surface area contributed by atoms with Crippen molar-refractivity contribution in [1.82, 2.24) is 5.32 Å². The van der Waals surface area contributed by atoms with Crippen molar-refractivity contribution in [3.63, 3.8) is 0 Å². The fourth-order valence-electron chi connectivity index (χ4n) is 1.02. The van der Waals surface area contributed by atoms with Gasteiger partial charge in [-0.1, -0.05) is 23.6 Å². The molecule has 3 nitrogen and oxygen atoms in total. The van der Waals surface area contributed by atoms with Crippen LogP contribution in [0.5, 0.6) is 0 Å². The van der Waals surface area contributed by atoms with Crippen LogP contribution in [0.15, 0.2) is 24.3 Å². The van der Waals surface area contributed by atoms with Crippen LogP contribution in [0, 0.1) is 12.3 Å². The quantitative estimate of drug-likeness (QED) is 0.599. The minimum Gasteiger partial charge on any atom is -0.325 e. The molecule has 1 aromatic carbocycles. The largest absolute Gasteiger partial charge is 0.325 e. The molecular formula is C11H11ClN2O. The Hall–Kier alpha value is -1.50. The van der Waals surface area contributed by atoms with Crippen LogP contribution in [-0.4, -0.2) is 19.0 Å². The first-order valence-electron chi connectivity index (χ1n) is 4.42. The number of amides is 1. The molecule has 0 aliphatic rings. The third-order valence-corrected chi connectivity index (χ3v) is 1.86. The minimum atomic E-state index is -0.146. The van der Waals surface area contributed by atoms with Crippen molar-refractivity contribution in [3.05, 3.63) is 29.3 Å². The van der Waals surface area contributed by atoms with Crippen molar-refractivity contribution in [2.75, 3.05) is 18.4 Å². The van der Waals surface area contributed by atoms with E-state index in [0.29, 0.717) is 17.3 Å². The Bertz CT molecular complexity index is 384. The molecule has 1 aromatic rings. The van der Waals surface area contributed by atoms with Gasteiger partial charge < -0.3 is 5.32 Å². The summed E-state index contributed by atoms with van der Waals surface area (Å²) in [4.78, 5) is 11.3. The maximum Gasteiger partial charge on any atom is 0.238 e. The predicted octanol–water partition coefficient (Wildman–Crippen LogP) is 1.50. The molecule has 0 saturated carbocycles. The molecule has 0 bridgehead atoms. The Morgan fingerprint density at radius 3 is 3.00 bits per heavy atom. The molecule has 0 aliphatic carbocycles. The smallest absolute Gasteiger partial charge is 0.238 e. The van der Waals surface area contributed by atoms with Crippen LogP contribution in [0.2, 0.25) is 5.02 Å². The van der Waals surface area contributed by atoms with Crippen molar-refractivity contribution in [2.24, 2.45) is 0 Å². The second kappa shape index (κ2) is 6.07. The molecule has 0 unspecified atom stereocenters. The highest BCUT2D eigenvalue weighted by atomic mass is 35.5. The molecule has 4 heteroatoms. The van der Waals surface area contributed by atoms with Crippen molar-refractivity contribution >= 4 is 23.2 Å². The van der Waals surface area contributed by atoms with Gasteiger partial charge in [0, 0.05) is 10.7 Å². The topological polar surface area (TPSA) is 41.1 Å². The first-order chi connectivity index (χ1) is 7.22. The Morgan fingerprint density at radius 1 is 1.53 bits per heavy atom. The van der Waals surface area contributed by atoms with Crippen molar-refractivity contribution in [2.45, 2.75) is 0 Å². The van der Waals surface area contributed by atoms with Crippen molar-refractivity contribution in [3.8, 4) is 12.3 Å². The Balaban J connectivity index is 2.42. The number of hydrogen-bond acceptors (Lipinski definition) is 2. The summed E-state index contributed by atoms with van der Waals surface area (Å²) in [5.41, 5.74) is 0.676. The summed E-state index contributed by atoms with van der Waals surface area (Å²) in [6.07, 6.45) is 5.03. The number of benzene rings is 1. The van der Waals surface area contributed by atoms with Gasteiger partial charge in [-0.25, -0.2) is 0 Å². The van der Waals surface area contributed by atoms with E-state index in [1.807, 2.05) is 0 Å². The van der Waals surface area contributed by atoms with Crippen LogP contribution in [0.25, 0.3) is 0 Å². The number of hydrogen-bond donors (Lipinski definition) is 2. The summed E-state index contributed by atoms with van der Waals surface area (Å²) in [5.74, 6) is 2.24. The highest BCUT2D eigenvalue weighted by Crippen LogP contribution is 2.14. The molecule has 0 radical (unpaired) electrons. The lowest BCUT2D eigenvalue weighted by Gasteiger charge is -2.05. The lowest BCUT2D eigenvalue weighted by molar-refractivity contribution is -0.115. The third-order valence-electron chi connectivity index (χ3n) is 1.62. The normalized spacial score (nSPS) is 9.33. The molecule has 78 valence electrons.